The molecule has 30 heavy (non-hydrogen) atoms. The van der Waals surface area contributed by atoms with Crippen LogP contribution in [0.3, 0.4) is 0 Å². The van der Waals surface area contributed by atoms with E-state index in [4.69, 9.17) is 0 Å². The summed E-state index contributed by atoms with van der Waals surface area (Å²) in [6, 6.07) is 0. The van der Waals surface area contributed by atoms with E-state index in [9.17, 15) is 9.90 Å². The molecule has 1 aromatic heterocycles. The maximum absolute atomic E-state index is 13.2. The molecule has 1 aromatic rings. The highest BCUT2D eigenvalue weighted by atomic mass is 16.3. The molecule has 5 heteroatoms. The number of hydrogen-bond acceptors (Lipinski definition) is 4. The summed E-state index contributed by atoms with van der Waals surface area (Å²) in [6.45, 7) is 7.33. The largest absolute Gasteiger partial charge is 0.390 e. The van der Waals surface area contributed by atoms with Gasteiger partial charge in [-0.15, -0.1) is 0 Å². The van der Waals surface area contributed by atoms with E-state index in [1.54, 1.807) is 17.2 Å². The predicted molar refractivity (Wildman–Crippen MR) is 113 cm³/mol. The molecule has 5 saturated carbocycles. The standard InChI is InChI=1S/C25H37N3O2/c1-16-24-9-6-17-18-4-5-20(21(29)14-28-26-12-13-27-28)23(18,3)8-7-19(17)25(16,24)11-10-22(2,30)15-24/h12-13,16-20,30H,4-11,14-15H2,1-3H3/t16-,17+,18+,19+,20-,22-,23+,24-,25+/m1/s1. The van der Waals surface area contributed by atoms with Gasteiger partial charge in [0.2, 0.25) is 0 Å². The summed E-state index contributed by atoms with van der Waals surface area (Å²) < 4.78 is 0. The molecule has 5 fully saturated rings. The van der Waals surface area contributed by atoms with Gasteiger partial charge in [0.05, 0.1) is 18.0 Å². The van der Waals surface area contributed by atoms with Gasteiger partial charge in [-0.1, -0.05) is 13.8 Å². The van der Waals surface area contributed by atoms with Gasteiger partial charge in [-0.3, -0.25) is 4.79 Å². The Morgan fingerprint density at radius 2 is 1.80 bits per heavy atom. The van der Waals surface area contributed by atoms with Crippen molar-refractivity contribution in [1.29, 1.82) is 0 Å². The van der Waals surface area contributed by atoms with E-state index in [0.29, 0.717) is 29.1 Å². The van der Waals surface area contributed by atoms with Crippen molar-refractivity contribution in [3.63, 3.8) is 0 Å². The lowest BCUT2D eigenvalue weighted by molar-refractivity contribution is -0.133. The van der Waals surface area contributed by atoms with Crippen molar-refractivity contribution in [3.8, 4) is 0 Å². The van der Waals surface area contributed by atoms with Gasteiger partial charge in [0.15, 0.2) is 5.78 Å². The third-order valence-corrected chi connectivity index (χ3v) is 11.4. The van der Waals surface area contributed by atoms with Crippen molar-refractivity contribution in [2.75, 3.05) is 0 Å². The van der Waals surface area contributed by atoms with Gasteiger partial charge in [0, 0.05) is 5.92 Å². The summed E-state index contributed by atoms with van der Waals surface area (Å²) in [5.74, 6) is 3.57. The molecule has 0 unspecified atom stereocenters. The van der Waals surface area contributed by atoms with Gasteiger partial charge in [-0.05, 0) is 105 Å². The third kappa shape index (κ3) is 2.26. The van der Waals surface area contributed by atoms with Gasteiger partial charge < -0.3 is 5.11 Å². The highest BCUT2D eigenvalue weighted by Crippen LogP contribution is 2.86. The molecule has 0 amide bonds. The number of rotatable bonds is 3. The van der Waals surface area contributed by atoms with Crippen molar-refractivity contribution >= 4 is 5.78 Å². The van der Waals surface area contributed by atoms with Gasteiger partial charge >= 0.3 is 0 Å². The Morgan fingerprint density at radius 1 is 1.03 bits per heavy atom. The zero-order valence-corrected chi connectivity index (χ0v) is 18.8. The minimum atomic E-state index is -0.463. The van der Waals surface area contributed by atoms with Crippen LogP contribution in [0.5, 0.6) is 0 Å². The molecule has 0 bridgehead atoms. The summed E-state index contributed by atoms with van der Waals surface area (Å²) in [5.41, 5.74) is 0.583. The Morgan fingerprint density at radius 3 is 2.57 bits per heavy atom. The van der Waals surface area contributed by atoms with E-state index in [2.05, 4.69) is 31.0 Å². The van der Waals surface area contributed by atoms with Crippen molar-refractivity contribution in [2.24, 2.45) is 45.8 Å². The van der Waals surface area contributed by atoms with Gasteiger partial charge in [0.25, 0.3) is 0 Å². The fourth-order valence-corrected chi connectivity index (χ4v) is 10.2. The summed E-state index contributed by atoms with van der Waals surface area (Å²) in [4.78, 5) is 14.8. The molecule has 0 aliphatic heterocycles. The molecule has 6 rings (SSSR count). The number of fused-ring (bicyclic) bond motifs is 3. The van der Waals surface area contributed by atoms with Crippen LogP contribution in [0.1, 0.15) is 78.6 Å². The van der Waals surface area contributed by atoms with E-state index in [-0.39, 0.29) is 11.3 Å². The summed E-state index contributed by atoms with van der Waals surface area (Å²) in [6.07, 6.45) is 13.9. The van der Waals surface area contributed by atoms with Crippen LogP contribution in [0.25, 0.3) is 0 Å². The predicted octanol–water partition coefficient (Wildman–Crippen LogP) is 4.26. The maximum atomic E-state index is 13.2. The first-order valence-electron chi connectivity index (χ1n) is 12.3. The van der Waals surface area contributed by atoms with Crippen LogP contribution < -0.4 is 0 Å². The molecule has 0 spiro atoms. The van der Waals surface area contributed by atoms with Crippen molar-refractivity contribution in [1.82, 2.24) is 15.0 Å². The molecule has 0 saturated heterocycles. The molecule has 5 aliphatic carbocycles. The minimum absolute atomic E-state index is 0.153. The average Bonchev–Trinajstić information content (AvgIpc) is 3.07. The van der Waals surface area contributed by atoms with Crippen LogP contribution in [0.2, 0.25) is 0 Å². The third-order valence-electron chi connectivity index (χ3n) is 11.4. The SMILES string of the molecule is C[C@@H]1[C@]23CC[C@H]4[C@@H]5CC[C@H](C(=O)Cn6nccn6)[C@@]5(C)CC[C@@H]4[C@]12CC[C@@](C)(O)C3. The van der Waals surface area contributed by atoms with Crippen molar-refractivity contribution in [2.45, 2.75) is 90.7 Å². The Hall–Kier alpha value is -1.23. The number of carbonyl (C=O) groups is 1. The molecule has 0 aromatic carbocycles. The molecular weight excluding hydrogens is 374 g/mol. The van der Waals surface area contributed by atoms with Gasteiger partial charge in [-0.2, -0.15) is 15.0 Å². The number of ketones is 1. The van der Waals surface area contributed by atoms with E-state index in [1.807, 2.05) is 0 Å². The first-order chi connectivity index (χ1) is 14.2. The monoisotopic (exact) mass is 411 g/mol. The van der Waals surface area contributed by atoms with E-state index in [1.165, 1.54) is 38.5 Å². The Labute approximate surface area is 180 Å². The van der Waals surface area contributed by atoms with Crippen LogP contribution in [-0.4, -0.2) is 31.5 Å². The number of Topliss-reactive ketones (excluding diaryl/α,β-unsaturated/α-hetero) is 1. The van der Waals surface area contributed by atoms with E-state index < -0.39 is 5.60 Å². The number of carbonyl (C=O) groups excluding carboxylic acids is 1. The average molecular weight is 412 g/mol. The zero-order valence-electron chi connectivity index (χ0n) is 18.8. The highest BCUT2D eigenvalue weighted by molar-refractivity contribution is 5.82. The Bertz CT molecular complexity index is 866. The van der Waals surface area contributed by atoms with E-state index in [0.717, 1.165) is 37.0 Å². The maximum Gasteiger partial charge on any atom is 0.159 e. The molecule has 5 nitrogen and oxygen atoms in total. The van der Waals surface area contributed by atoms with Crippen molar-refractivity contribution < 1.29 is 9.90 Å². The number of aromatic nitrogens is 3. The fourth-order valence-electron chi connectivity index (χ4n) is 10.2. The molecular formula is C25H37N3O2. The second kappa shape index (κ2) is 5.96. The highest BCUT2D eigenvalue weighted by Gasteiger charge is 2.81. The molecule has 0 radical (unpaired) electrons. The number of nitrogens with zero attached hydrogens (tertiary/aromatic N) is 3. The van der Waals surface area contributed by atoms with Crippen LogP contribution >= 0.6 is 0 Å². The number of hydrogen-bond donors (Lipinski definition) is 1. The quantitative estimate of drug-likeness (QED) is 0.807. The van der Waals surface area contributed by atoms with Gasteiger partial charge in [0.1, 0.15) is 6.54 Å². The zero-order chi connectivity index (χ0) is 20.9. The number of aliphatic hydroxyl groups is 1. The summed E-state index contributed by atoms with van der Waals surface area (Å²) in [5, 5.41) is 19.2. The van der Waals surface area contributed by atoms with Gasteiger partial charge in [-0.25, -0.2) is 0 Å². The summed E-state index contributed by atoms with van der Waals surface area (Å²) in [7, 11) is 0. The van der Waals surface area contributed by atoms with Crippen LogP contribution in [-0.2, 0) is 11.3 Å². The fraction of sp³-hybridized carbons (Fsp3) is 0.880. The topological polar surface area (TPSA) is 68.0 Å². The molecule has 9 atom stereocenters. The molecule has 1 heterocycles. The lowest BCUT2D eigenvalue weighted by Gasteiger charge is -2.56. The summed E-state index contributed by atoms with van der Waals surface area (Å²) >= 11 is 0. The lowest BCUT2D eigenvalue weighted by atomic mass is 9.48. The van der Waals surface area contributed by atoms with Crippen molar-refractivity contribution in [3.05, 3.63) is 12.4 Å². The lowest BCUT2D eigenvalue weighted by Crippen LogP contribution is -2.51. The van der Waals surface area contributed by atoms with Crippen LogP contribution in [0.4, 0.5) is 0 Å². The Kier molecular flexibility index (Phi) is 3.87. The first-order valence-corrected chi connectivity index (χ1v) is 12.3. The molecule has 5 aliphatic rings. The molecule has 1 N–H and O–H groups in total. The second-order valence-electron chi connectivity index (χ2n) is 12.2. The first kappa shape index (κ1) is 19.5. The van der Waals surface area contributed by atoms with Crippen LogP contribution in [0, 0.1) is 45.8 Å². The van der Waals surface area contributed by atoms with E-state index >= 15 is 0 Å². The van der Waals surface area contributed by atoms with Crippen LogP contribution in [0.15, 0.2) is 12.4 Å². The Balaban J connectivity index is 1.26. The smallest absolute Gasteiger partial charge is 0.159 e. The second-order valence-corrected chi connectivity index (χ2v) is 12.2. The molecule has 164 valence electrons. The minimum Gasteiger partial charge on any atom is -0.390 e. The normalized spacial score (nSPS) is 53.9.